The van der Waals surface area contributed by atoms with Crippen molar-refractivity contribution in [1.29, 1.82) is 0 Å². The average molecular weight is 421 g/mol. The number of nitrogens with zero attached hydrogens (tertiary/aromatic N) is 4. The fourth-order valence-electron chi connectivity index (χ4n) is 3.48. The Balaban J connectivity index is 2.01. The molecule has 0 bridgehead atoms. The molecule has 1 aromatic carbocycles. The van der Waals surface area contributed by atoms with Gasteiger partial charge in [0.15, 0.2) is 0 Å². The Kier molecular flexibility index (Phi) is 6.44. The summed E-state index contributed by atoms with van der Waals surface area (Å²) in [5.41, 5.74) is -0.902. The Labute approximate surface area is 164 Å². The van der Waals surface area contributed by atoms with Gasteiger partial charge in [-0.2, -0.15) is 9.78 Å². The summed E-state index contributed by atoms with van der Waals surface area (Å²) in [6.45, 7) is 0.998. The summed E-state index contributed by atoms with van der Waals surface area (Å²) in [6, 6.07) is 4.08. The van der Waals surface area contributed by atoms with Gasteiger partial charge < -0.3 is 4.90 Å². The van der Waals surface area contributed by atoms with E-state index in [1.165, 1.54) is 18.2 Å². The van der Waals surface area contributed by atoms with Crippen molar-refractivity contribution in [2.45, 2.75) is 51.0 Å². The Morgan fingerprint density at radius 1 is 1.29 bits per heavy atom. The Hall–Kier alpha value is -1.87. The zero-order chi connectivity index (χ0) is 20.4. The number of alkyl halides is 3. The maximum absolute atomic E-state index is 14.2. The number of piperidine rings is 1. The monoisotopic (exact) mass is 420 g/mol. The molecule has 0 radical (unpaired) electrons. The third-order valence-electron chi connectivity index (χ3n) is 5.11. The maximum atomic E-state index is 14.2. The van der Waals surface area contributed by atoms with Crippen LogP contribution in [0.1, 0.15) is 36.9 Å². The molecule has 0 amide bonds. The van der Waals surface area contributed by atoms with E-state index < -0.39 is 24.2 Å². The van der Waals surface area contributed by atoms with Gasteiger partial charge in [0.2, 0.25) is 0 Å². The van der Waals surface area contributed by atoms with E-state index >= 15 is 0 Å². The first-order valence-corrected chi connectivity index (χ1v) is 9.41. The number of likely N-dealkylation sites (N-methyl/N-ethyl adjacent to an activating group) is 1. The highest BCUT2D eigenvalue weighted by Crippen LogP contribution is 2.23. The van der Waals surface area contributed by atoms with Crippen LogP contribution in [0, 0.1) is 5.82 Å². The first-order valence-electron chi connectivity index (χ1n) is 9.03. The van der Waals surface area contributed by atoms with Crippen molar-refractivity contribution in [3.63, 3.8) is 0 Å². The van der Waals surface area contributed by atoms with Crippen molar-refractivity contribution in [3.8, 4) is 0 Å². The third kappa shape index (κ3) is 4.25. The van der Waals surface area contributed by atoms with E-state index in [1.807, 2.05) is 7.05 Å². The van der Waals surface area contributed by atoms with E-state index in [0.717, 1.165) is 30.4 Å². The molecule has 5 nitrogen and oxygen atoms in total. The van der Waals surface area contributed by atoms with Crippen molar-refractivity contribution >= 4 is 11.6 Å². The molecule has 1 aliphatic rings. The van der Waals surface area contributed by atoms with E-state index in [-0.39, 0.29) is 40.1 Å². The lowest BCUT2D eigenvalue weighted by Gasteiger charge is -2.32. The topological polar surface area (TPSA) is 43.1 Å². The lowest BCUT2D eigenvalue weighted by Crippen LogP contribution is -2.42. The van der Waals surface area contributed by atoms with Gasteiger partial charge in [-0.3, -0.25) is 4.57 Å². The van der Waals surface area contributed by atoms with Crippen molar-refractivity contribution < 1.29 is 17.6 Å². The van der Waals surface area contributed by atoms with E-state index in [0.29, 0.717) is 0 Å². The normalized spacial score (nSPS) is 19.3. The second kappa shape index (κ2) is 8.65. The van der Waals surface area contributed by atoms with Gasteiger partial charge in [0.05, 0.1) is 0 Å². The molecule has 0 aliphatic carbocycles. The summed E-state index contributed by atoms with van der Waals surface area (Å²) < 4.78 is 55.0. The molecule has 28 heavy (non-hydrogen) atoms. The molecule has 0 N–H and O–H groups in total. The smallest absolute Gasteiger partial charge is 0.302 e. The molecule has 2 atom stereocenters. The van der Waals surface area contributed by atoms with Crippen LogP contribution in [0.4, 0.5) is 17.6 Å². The van der Waals surface area contributed by atoms with E-state index in [4.69, 9.17) is 11.6 Å². The van der Waals surface area contributed by atoms with Crippen molar-refractivity contribution in [2.75, 3.05) is 13.6 Å². The summed E-state index contributed by atoms with van der Waals surface area (Å²) in [5, 5.41) is 3.89. The van der Waals surface area contributed by atoms with Gasteiger partial charge in [-0.05, 0) is 38.6 Å². The minimum atomic E-state index is -3.40. The Morgan fingerprint density at radius 3 is 2.68 bits per heavy atom. The van der Waals surface area contributed by atoms with Gasteiger partial charge in [-0.15, -0.1) is 0 Å². The Bertz CT molecular complexity index is 865. The standard InChI is InChI=1S/C18H21ClF4N4O/c1-25-8-3-2-5-11(25)10-26-15(9-12-13(19)6-4-7-14(12)20)24-27(18(26)28)17(23)16(21)22/h4,6-7,11,16-17H,2-3,5,8-10H2,1H3. The lowest BCUT2D eigenvalue weighted by molar-refractivity contribution is -0.00197. The van der Waals surface area contributed by atoms with Gasteiger partial charge in [-0.1, -0.05) is 24.1 Å². The number of halogens is 5. The number of benzene rings is 1. The molecule has 2 aromatic rings. The molecule has 2 heterocycles. The molecule has 0 saturated carbocycles. The van der Waals surface area contributed by atoms with Crippen LogP contribution in [0.25, 0.3) is 0 Å². The van der Waals surface area contributed by atoms with Gasteiger partial charge in [-0.25, -0.2) is 22.4 Å². The van der Waals surface area contributed by atoms with Crippen LogP contribution < -0.4 is 5.69 Å². The number of hydrogen-bond acceptors (Lipinski definition) is 3. The molecule has 3 rings (SSSR count). The van der Waals surface area contributed by atoms with Gasteiger partial charge in [0, 0.05) is 29.6 Å². The van der Waals surface area contributed by atoms with Crippen molar-refractivity contribution in [1.82, 2.24) is 19.2 Å². The first kappa shape index (κ1) is 20.9. The maximum Gasteiger partial charge on any atom is 0.348 e. The molecule has 2 unspecified atom stereocenters. The van der Waals surface area contributed by atoms with E-state index in [9.17, 15) is 22.4 Å². The van der Waals surface area contributed by atoms with Crippen LogP contribution in [-0.2, 0) is 13.0 Å². The van der Waals surface area contributed by atoms with Crippen LogP contribution in [0.5, 0.6) is 0 Å². The minimum Gasteiger partial charge on any atom is -0.302 e. The molecule has 1 saturated heterocycles. The summed E-state index contributed by atoms with van der Waals surface area (Å²) in [7, 11) is 1.91. The highest BCUT2D eigenvalue weighted by molar-refractivity contribution is 6.31. The van der Waals surface area contributed by atoms with Crippen molar-refractivity contribution in [3.05, 3.63) is 50.9 Å². The molecule has 0 spiro atoms. The second-order valence-corrected chi connectivity index (χ2v) is 7.38. The molecule has 10 heteroatoms. The van der Waals surface area contributed by atoms with Gasteiger partial charge >= 0.3 is 5.69 Å². The summed E-state index contributed by atoms with van der Waals surface area (Å²) in [4.78, 5) is 14.7. The number of likely N-dealkylation sites (tertiary alicyclic amines) is 1. The number of rotatable bonds is 6. The number of hydrogen-bond donors (Lipinski definition) is 0. The van der Waals surface area contributed by atoms with Crippen LogP contribution in [0.2, 0.25) is 5.02 Å². The predicted octanol–water partition coefficient (Wildman–Crippen LogP) is 3.65. The average Bonchev–Trinajstić information content (AvgIpc) is 2.95. The molecular formula is C18H21ClF4N4O. The highest BCUT2D eigenvalue weighted by Gasteiger charge is 2.29. The largest absolute Gasteiger partial charge is 0.348 e. The molecule has 1 fully saturated rings. The zero-order valence-electron chi connectivity index (χ0n) is 15.3. The summed E-state index contributed by atoms with van der Waals surface area (Å²) in [5.74, 6) is -0.610. The zero-order valence-corrected chi connectivity index (χ0v) is 16.0. The fourth-order valence-corrected chi connectivity index (χ4v) is 3.71. The molecule has 1 aromatic heterocycles. The SMILES string of the molecule is CN1CCCCC1Cn1c(Cc2c(F)cccc2Cl)nn(C(F)C(F)F)c1=O. The van der Waals surface area contributed by atoms with Crippen LogP contribution in [0.3, 0.4) is 0 Å². The van der Waals surface area contributed by atoms with Gasteiger partial charge in [0.1, 0.15) is 11.6 Å². The second-order valence-electron chi connectivity index (χ2n) is 6.97. The Morgan fingerprint density at radius 2 is 2.04 bits per heavy atom. The summed E-state index contributed by atoms with van der Waals surface area (Å²) in [6.07, 6.45) is -3.68. The summed E-state index contributed by atoms with van der Waals surface area (Å²) >= 11 is 6.04. The molecular weight excluding hydrogens is 400 g/mol. The van der Waals surface area contributed by atoms with Gasteiger partial charge in [0.25, 0.3) is 12.7 Å². The van der Waals surface area contributed by atoms with Crippen LogP contribution in [-0.4, -0.2) is 45.3 Å². The molecule has 154 valence electrons. The molecule has 1 aliphatic heterocycles. The fraction of sp³-hybridized carbons (Fsp3) is 0.556. The quantitative estimate of drug-likeness (QED) is 0.670. The number of aromatic nitrogens is 3. The third-order valence-corrected chi connectivity index (χ3v) is 5.47. The van der Waals surface area contributed by atoms with E-state index in [1.54, 1.807) is 0 Å². The van der Waals surface area contributed by atoms with Crippen LogP contribution in [0.15, 0.2) is 23.0 Å². The van der Waals surface area contributed by atoms with Crippen molar-refractivity contribution in [2.24, 2.45) is 0 Å². The predicted molar refractivity (Wildman–Crippen MR) is 97.1 cm³/mol. The van der Waals surface area contributed by atoms with Crippen LogP contribution >= 0.6 is 11.6 Å². The lowest BCUT2D eigenvalue weighted by atomic mass is 10.0. The van der Waals surface area contributed by atoms with E-state index in [2.05, 4.69) is 10.00 Å². The minimum absolute atomic E-state index is 0.000673. The highest BCUT2D eigenvalue weighted by atomic mass is 35.5. The first-order chi connectivity index (χ1) is 13.3.